The van der Waals surface area contributed by atoms with Gasteiger partial charge in [-0.15, -0.1) is 0 Å². The summed E-state index contributed by atoms with van der Waals surface area (Å²) in [6.07, 6.45) is -0.732. The molecule has 0 saturated heterocycles. The second-order valence-corrected chi connectivity index (χ2v) is 5.87. The molecule has 5 nitrogen and oxygen atoms in total. The molecule has 5 heteroatoms. The minimum Gasteiger partial charge on any atom is -0.496 e. The third-order valence-electron chi connectivity index (χ3n) is 3.81. The Morgan fingerprint density at radius 1 is 1.29 bits per heavy atom. The van der Waals surface area contributed by atoms with Crippen LogP contribution in [0.2, 0.25) is 0 Å². The van der Waals surface area contributed by atoms with Gasteiger partial charge in [0, 0.05) is 12.0 Å². The molecule has 3 rings (SSSR count). The first-order chi connectivity index (χ1) is 9.85. The standard InChI is InChI=1S/C16H16O5/c1-16(2)7-9(17)12-13(18)8-5-4-6-10(20-3)11(8)14(19)15(12)21-16/h4-6,9,17H,7H2,1-3H3/t9-/m0/s1. The maximum atomic E-state index is 12.7. The molecule has 110 valence electrons. The zero-order valence-electron chi connectivity index (χ0n) is 12.1. The van der Waals surface area contributed by atoms with Crippen LogP contribution in [0.5, 0.6) is 5.75 Å². The number of allylic oxidation sites excluding steroid dienone is 1. The van der Waals surface area contributed by atoms with Crippen LogP contribution in [-0.2, 0) is 4.74 Å². The lowest BCUT2D eigenvalue weighted by molar-refractivity contribution is -0.0250. The lowest BCUT2D eigenvalue weighted by Crippen LogP contribution is -2.42. The number of aliphatic hydroxyl groups excluding tert-OH is 1. The van der Waals surface area contributed by atoms with Crippen LogP contribution in [-0.4, -0.2) is 35.5 Å². The number of ether oxygens (including phenoxy) is 2. The Balaban J connectivity index is 2.23. The van der Waals surface area contributed by atoms with Gasteiger partial charge in [0.2, 0.25) is 5.78 Å². The summed E-state index contributed by atoms with van der Waals surface area (Å²) in [5, 5.41) is 10.2. The van der Waals surface area contributed by atoms with Gasteiger partial charge in [-0.1, -0.05) is 12.1 Å². The zero-order valence-corrected chi connectivity index (χ0v) is 12.1. The van der Waals surface area contributed by atoms with Gasteiger partial charge in [-0.05, 0) is 19.9 Å². The smallest absolute Gasteiger partial charge is 0.232 e. The monoisotopic (exact) mass is 288 g/mol. The molecule has 1 atom stereocenters. The number of fused-ring (bicyclic) bond motifs is 1. The van der Waals surface area contributed by atoms with E-state index < -0.39 is 17.5 Å². The zero-order chi connectivity index (χ0) is 15.4. The number of carbonyl (C=O) groups excluding carboxylic acids is 2. The lowest BCUT2D eigenvalue weighted by Gasteiger charge is -2.38. The van der Waals surface area contributed by atoms with Gasteiger partial charge in [0.1, 0.15) is 11.4 Å². The predicted molar refractivity (Wildman–Crippen MR) is 74.5 cm³/mol. The Kier molecular flexibility index (Phi) is 2.92. The normalized spacial score (nSPS) is 23.3. The van der Waals surface area contributed by atoms with Crippen LogP contribution in [0.25, 0.3) is 0 Å². The third-order valence-corrected chi connectivity index (χ3v) is 3.81. The van der Waals surface area contributed by atoms with Gasteiger partial charge in [-0.2, -0.15) is 0 Å². The number of carbonyl (C=O) groups is 2. The molecule has 2 aliphatic rings. The number of ketones is 2. The molecule has 1 aromatic rings. The first-order valence-corrected chi connectivity index (χ1v) is 6.73. The molecule has 1 aliphatic heterocycles. The van der Waals surface area contributed by atoms with Crippen LogP contribution in [0.3, 0.4) is 0 Å². The van der Waals surface area contributed by atoms with Crippen LogP contribution in [0, 0.1) is 0 Å². The molecule has 0 aromatic heterocycles. The number of Topliss-reactive ketones (excluding diaryl/α,β-unsaturated/α-hetero) is 2. The molecular formula is C16H16O5. The highest BCUT2D eigenvalue weighted by Gasteiger charge is 2.45. The largest absolute Gasteiger partial charge is 0.496 e. The molecule has 0 bridgehead atoms. The summed E-state index contributed by atoms with van der Waals surface area (Å²) in [6, 6.07) is 4.84. The molecule has 0 unspecified atom stereocenters. The minimum absolute atomic E-state index is 0.0549. The lowest BCUT2D eigenvalue weighted by atomic mass is 9.80. The average Bonchev–Trinajstić information content (AvgIpc) is 2.42. The van der Waals surface area contributed by atoms with E-state index in [0.717, 1.165) is 0 Å². The second kappa shape index (κ2) is 4.43. The molecule has 1 aliphatic carbocycles. The summed E-state index contributed by atoms with van der Waals surface area (Å²) in [6.45, 7) is 3.55. The van der Waals surface area contributed by atoms with Crippen LogP contribution in [0.4, 0.5) is 0 Å². The Bertz CT molecular complexity index is 684. The van der Waals surface area contributed by atoms with E-state index in [2.05, 4.69) is 0 Å². The molecule has 0 spiro atoms. The number of aliphatic hydroxyl groups is 1. The summed E-state index contributed by atoms with van der Waals surface area (Å²) in [7, 11) is 1.44. The highest BCUT2D eigenvalue weighted by Crippen LogP contribution is 2.40. The van der Waals surface area contributed by atoms with Crippen molar-refractivity contribution in [1.29, 1.82) is 0 Å². The van der Waals surface area contributed by atoms with Gasteiger partial charge in [-0.3, -0.25) is 9.59 Å². The highest BCUT2D eigenvalue weighted by molar-refractivity contribution is 6.27. The van der Waals surface area contributed by atoms with Crippen LogP contribution in [0.1, 0.15) is 41.0 Å². The number of benzene rings is 1. The van der Waals surface area contributed by atoms with Gasteiger partial charge in [-0.25, -0.2) is 0 Å². The van der Waals surface area contributed by atoms with Crippen molar-refractivity contribution in [3.8, 4) is 5.75 Å². The predicted octanol–water partition coefficient (Wildman–Crippen LogP) is 1.89. The number of hydrogen-bond acceptors (Lipinski definition) is 5. The van der Waals surface area contributed by atoms with E-state index in [1.807, 2.05) is 0 Å². The topological polar surface area (TPSA) is 72.8 Å². The van der Waals surface area contributed by atoms with Crippen LogP contribution in [0.15, 0.2) is 29.5 Å². The van der Waals surface area contributed by atoms with Gasteiger partial charge >= 0.3 is 0 Å². The van der Waals surface area contributed by atoms with E-state index in [1.165, 1.54) is 7.11 Å². The molecule has 0 radical (unpaired) electrons. The van der Waals surface area contributed by atoms with Crippen molar-refractivity contribution in [2.45, 2.75) is 32.0 Å². The van der Waals surface area contributed by atoms with E-state index >= 15 is 0 Å². The number of methoxy groups -OCH3 is 1. The van der Waals surface area contributed by atoms with Crippen molar-refractivity contribution in [3.05, 3.63) is 40.7 Å². The van der Waals surface area contributed by atoms with Crippen molar-refractivity contribution in [1.82, 2.24) is 0 Å². The van der Waals surface area contributed by atoms with Gasteiger partial charge < -0.3 is 14.6 Å². The van der Waals surface area contributed by atoms with E-state index in [0.29, 0.717) is 5.75 Å². The second-order valence-electron chi connectivity index (χ2n) is 5.87. The molecular weight excluding hydrogens is 272 g/mol. The summed E-state index contributed by atoms with van der Waals surface area (Å²) in [5.74, 6) is -0.509. The Morgan fingerprint density at radius 2 is 2.00 bits per heavy atom. The summed E-state index contributed by atoms with van der Waals surface area (Å²) in [5.41, 5.74) is -0.192. The highest BCUT2D eigenvalue weighted by atomic mass is 16.5. The Morgan fingerprint density at radius 3 is 2.67 bits per heavy atom. The Labute approximate surface area is 122 Å². The number of hydrogen-bond donors (Lipinski definition) is 1. The van der Waals surface area contributed by atoms with Crippen molar-refractivity contribution in [2.24, 2.45) is 0 Å². The maximum Gasteiger partial charge on any atom is 0.232 e. The van der Waals surface area contributed by atoms with Crippen molar-refractivity contribution < 1.29 is 24.2 Å². The third kappa shape index (κ3) is 1.96. The summed E-state index contributed by atoms with van der Waals surface area (Å²) in [4.78, 5) is 25.3. The van der Waals surface area contributed by atoms with Crippen molar-refractivity contribution >= 4 is 11.6 Å². The molecule has 1 heterocycles. The van der Waals surface area contributed by atoms with E-state index in [4.69, 9.17) is 9.47 Å². The fraction of sp³-hybridized carbons (Fsp3) is 0.375. The van der Waals surface area contributed by atoms with E-state index in [9.17, 15) is 14.7 Å². The molecule has 1 N–H and O–H groups in total. The van der Waals surface area contributed by atoms with Crippen LogP contribution < -0.4 is 4.74 Å². The maximum absolute atomic E-state index is 12.7. The van der Waals surface area contributed by atoms with Gasteiger partial charge in [0.15, 0.2) is 11.5 Å². The first kappa shape index (κ1) is 13.8. The van der Waals surface area contributed by atoms with Crippen LogP contribution >= 0.6 is 0 Å². The van der Waals surface area contributed by atoms with E-state index in [1.54, 1.807) is 32.0 Å². The Hall–Kier alpha value is -2.14. The molecule has 0 saturated carbocycles. The van der Waals surface area contributed by atoms with Crippen molar-refractivity contribution in [2.75, 3.05) is 7.11 Å². The van der Waals surface area contributed by atoms with Gasteiger partial charge in [0.05, 0.1) is 24.4 Å². The summed E-state index contributed by atoms with van der Waals surface area (Å²) < 4.78 is 10.9. The first-order valence-electron chi connectivity index (χ1n) is 6.73. The quantitative estimate of drug-likeness (QED) is 0.854. The number of rotatable bonds is 1. The molecule has 1 aromatic carbocycles. The minimum atomic E-state index is -1.00. The molecule has 0 amide bonds. The SMILES string of the molecule is COc1cccc2c1C(=O)C1=C(C2=O)[C@@H](O)CC(C)(C)O1. The summed E-state index contributed by atoms with van der Waals surface area (Å²) >= 11 is 0. The molecule has 21 heavy (non-hydrogen) atoms. The fourth-order valence-electron chi connectivity index (χ4n) is 2.90. The molecule has 0 fully saturated rings. The van der Waals surface area contributed by atoms with Crippen molar-refractivity contribution in [3.63, 3.8) is 0 Å². The average molecular weight is 288 g/mol. The van der Waals surface area contributed by atoms with E-state index in [-0.39, 0.29) is 34.7 Å². The van der Waals surface area contributed by atoms with Gasteiger partial charge in [0.25, 0.3) is 0 Å². The fourth-order valence-corrected chi connectivity index (χ4v) is 2.90.